The monoisotopic (exact) mass is 205 g/mol. The summed E-state index contributed by atoms with van der Waals surface area (Å²) in [4.78, 5) is 10.8. The maximum Gasteiger partial charge on any atom is 0.320 e. The van der Waals surface area contributed by atoms with Crippen LogP contribution < -0.4 is 5.32 Å². The van der Waals surface area contributed by atoms with Crippen LogP contribution in [0, 0.1) is 6.92 Å². The number of rotatable bonds is 2. The van der Waals surface area contributed by atoms with Crippen molar-refractivity contribution >= 4 is 5.97 Å². The number of hydrogen-bond donors (Lipinski definition) is 2. The molecule has 0 saturated carbocycles. The van der Waals surface area contributed by atoms with Gasteiger partial charge in [0.25, 0.3) is 0 Å². The van der Waals surface area contributed by atoms with Crippen LogP contribution in [-0.2, 0) is 4.79 Å². The quantitative estimate of drug-likeness (QED) is 0.775. The Bertz CT molecular complexity index is 376. The zero-order chi connectivity index (χ0) is 10.8. The fourth-order valence-electron chi connectivity index (χ4n) is 2.09. The average Bonchev–Trinajstić information content (AvgIpc) is 2.66. The van der Waals surface area contributed by atoms with Crippen molar-refractivity contribution in [3.63, 3.8) is 0 Å². The first-order valence-corrected chi connectivity index (χ1v) is 5.22. The van der Waals surface area contributed by atoms with Gasteiger partial charge in [0.05, 0.1) is 0 Å². The third-order valence-electron chi connectivity index (χ3n) is 2.89. The van der Waals surface area contributed by atoms with Crippen LogP contribution in [0.25, 0.3) is 0 Å². The Balaban J connectivity index is 2.11. The molecular weight excluding hydrogens is 190 g/mol. The standard InChI is InChI=1S/C12H15NO2/c1-8-3-2-4-9(7-8)10-5-6-11(13-10)12(14)15/h2-4,7,10-11,13H,5-6H2,1H3,(H,14,15)/t10-,11-/m0/s1. The molecule has 1 aromatic rings. The van der Waals surface area contributed by atoms with Gasteiger partial charge in [0.2, 0.25) is 0 Å². The highest BCUT2D eigenvalue weighted by molar-refractivity contribution is 5.73. The summed E-state index contributed by atoms with van der Waals surface area (Å²) in [7, 11) is 0. The normalized spacial score (nSPS) is 25.4. The number of benzene rings is 1. The maximum absolute atomic E-state index is 10.8. The lowest BCUT2D eigenvalue weighted by molar-refractivity contribution is -0.139. The molecule has 80 valence electrons. The van der Waals surface area contributed by atoms with E-state index >= 15 is 0 Å². The van der Waals surface area contributed by atoms with E-state index in [1.54, 1.807) is 0 Å². The van der Waals surface area contributed by atoms with Crippen molar-refractivity contribution in [3.05, 3.63) is 35.4 Å². The van der Waals surface area contributed by atoms with Gasteiger partial charge in [-0.25, -0.2) is 0 Å². The van der Waals surface area contributed by atoms with Crippen LogP contribution >= 0.6 is 0 Å². The molecule has 2 rings (SSSR count). The van der Waals surface area contributed by atoms with Gasteiger partial charge in [-0.2, -0.15) is 0 Å². The molecular formula is C12H15NO2. The molecule has 1 heterocycles. The number of carboxylic acid groups (broad SMARTS) is 1. The van der Waals surface area contributed by atoms with Crippen LogP contribution in [0.4, 0.5) is 0 Å². The highest BCUT2D eigenvalue weighted by Crippen LogP contribution is 2.26. The van der Waals surface area contributed by atoms with E-state index in [0.29, 0.717) is 6.42 Å². The fourth-order valence-corrected chi connectivity index (χ4v) is 2.09. The molecule has 1 aliphatic rings. The van der Waals surface area contributed by atoms with Crippen molar-refractivity contribution in [2.45, 2.75) is 31.8 Å². The lowest BCUT2D eigenvalue weighted by Crippen LogP contribution is -2.31. The summed E-state index contributed by atoms with van der Waals surface area (Å²) >= 11 is 0. The van der Waals surface area contributed by atoms with E-state index in [9.17, 15) is 4.79 Å². The minimum Gasteiger partial charge on any atom is -0.480 e. The van der Waals surface area contributed by atoms with E-state index in [1.165, 1.54) is 11.1 Å². The number of hydrogen-bond acceptors (Lipinski definition) is 2. The molecule has 1 fully saturated rings. The summed E-state index contributed by atoms with van der Waals surface area (Å²) in [6, 6.07) is 8.05. The molecule has 0 spiro atoms. The molecule has 15 heavy (non-hydrogen) atoms. The van der Waals surface area contributed by atoms with Gasteiger partial charge in [-0.05, 0) is 25.3 Å². The first kappa shape index (κ1) is 10.2. The number of carbonyl (C=O) groups is 1. The fraction of sp³-hybridized carbons (Fsp3) is 0.417. The Morgan fingerprint density at radius 2 is 2.27 bits per heavy atom. The zero-order valence-electron chi connectivity index (χ0n) is 8.73. The molecule has 0 aliphatic carbocycles. The molecule has 2 N–H and O–H groups in total. The van der Waals surface area contributed by atoms with E-state index in [-0.39, 0.29) is 12.1 Å². The topological polar surface area (TPSA) is 49.3 Å². The molecule has 3 nitrogen and oxygen atoms in total. The molecule has 1 saturated heterocycles. The van der Waals surface area contributed by atoms with E-state index in [1.807, 2.05) is 19.1 Å². The van der Waals surface area contributed by atoms with Gasteiger partial charge in [-0.3, -0.25) is 10.1 Å². The minimum atomic E-state index is -0.745. The van der Waals surface area contributed by atoms with Gasteiger partial charge in [0.1, 0.15) is 6.04 Å². The highest BCUT2D eigenvalue weighted by Gasteiger charge is 2.29. The van der Waals surface area contributed by atoms with Crippen molar-refractivity contribution in [1.29, 1.82) is 0 Å². The molecule has 0 unspecified atom stereocenters. The van der Waals surface area contributed by atoms with Crippen molar-refractivity contribution in [2.75, 3.05) is 0 Å². The number of aryl methyl sites for hydroxylation is 1. The van der Waals surface area contributed by atoms with E-state index in [2.05, 4.69) is 17.4 Å². The van der Waals surface area contributed by atoms with Gasteiger partial charge >= 0.3 is 5.97 Å². The number of carboxylic acids is 1. The van der Waals surface area contributed by atoms with Crippen LogP contribution in [0.5, 0.6) is 0 Å². The largest absolute Gasteiger partial charge is 0.480 e. The van der Waals surface area contributed by atoms with Crippen LogP contribution in [0.1, 0.15) is 30.0 Å². The summed E-state index contributed by atoms with van der Waals surface area (Å²) in [6.07, 6.45) is 1.62. The first-order chi connectivity index (χ1) is 7.16. The van der Waals surface area contributed by atoms with E-state index < -0.39 is 5.97 Å². The zero-order valence-corrected chi connectivity index (χ0v) is 8.73. The summed E-state index contributed by atoms with van der Waals surface area (Å²) in [5.74, 6) is -0.745. The van der Waals surface area contributed by atoms with Crippen LogP contribution in [-0.4, -0.2) is 17.1 Å². The van der Waals surface area contributed by atoms with Gasteiger partial charge < -0.3 is 5.11 Å². The SMILES string of the molecule is Cc1cccc([C@@H]2CC[C@@H](C(=O)O)N2)c1. The summed E-state index contributed by atoms with van der Waals surface area (Å²) in [6.45, 7) is 2.05. The third kappa shape index (κ3) is 2.18. The highest BCUT2D eigenvalue weighted by atomic mass is 16.4. The molecule has 0 amide bonds. The Hall–Kier alpha value is -1.35. The minimum absolute atomic E-state index is 0.200. The van der Waals surface area contributed by atoms with Crippen molar-refractivity contribution in [3.8, 4) is 0 Å². The Morgan fingerprint density at radius 1 is 1.47 bits per heavy atom. The summed E-state index contributed by atoms with van der Waals surface area (Å²) < 4.78 is 0. The van der Waals surface area contributed by atoms with Crippen molar-refractivity contribution in [2.24, 2.45) is 0 Å². The second-order valence-electron chi connectivity index (χ2n) is 4.10. The maximum atomic E-state index is 10.8. The molecule has 0 bridgehead atoms. The average molecular weight is 205 g/mol. The molecule has 2 atom stereocenters. The van der Waals surface area contributed by atoms with Crippen LogP contribution in [0.15, 0.2) is 24.3 Å². The molecule has 0 radical (unpaired) electrons. The van der Waals surface area contributed by atoms with E-state index in [0.717, 1.165) is 6.42 Å². The molecule has 1 aromatic carbocycles. The Labute approximate surface area is 89.1 Å². The lowest BCUT2D eigenvalue weighted by atomic mass is 10.0. The van der Waals surface area contributed by atoms with Gasteiger partial charge in [0.15, 0.2) is 0 Å². The lowest BCUT2D eigenvalue weighted by Gasteiger charge is -2.12. The number of aliphatic carboxylic acids is 1. The second-order valence-corrected chi connectivity index (χ2v) is 4.10. The van der Waals surface area contributed by atoms with Gasteiger partial charge in [0, 0.05) is 6.04 Å². The Kier molecular flexibility index (Phi) is 2.73. The predicted octanol–water partition coefficient (Wildman–Crippen LogP) is 1.87. The predicted molar refractivity (Wildman–Crippen MR) is 57.7 cm³/mol. The van der Waals surface area contributed by atoms with E-state index in [4.69, 9.17) is 5.11 Å². The smallest absolute Gasteiger partial charge is 0.320 e. The second kappa shape index (κ2) is 4.03. The van der Waals surface area contributed by atoms with Gasteiger partial charge in [-0.15, -0.1) is 0 Å². The van der Waals surface area contributed by atoms with Gasteiger partial charge in [-0.1, -0.05) is 29.8 Å². The summed E-state index contributed by atoms with van der Waals surface area (Å²) in [5, 5.41) is 12.0. The van der Waals surface area contributed by atoms with Crippen LogP contribution in [0.3, 0.4) is 0 Å². The Morgan fingerprint density at radius 3 is 2.87 bits per heavy atom. The first-order valence-electron chi connectivity index (χ1n) is 5.22. The molecule has 3 heteroatoms. The number of nitrogens with one attached hydrogen (secondary N) is 1. The summed E-state index contributed by atoms with van der Waals surface area (Å²) in [5.41, 5.74) is 2.41. The van der Waals surface area contributed by atoms with Crippen LogP contribution in [0.2, 0.25) is 0 Å². The van der Waals surface area contributed by atoms with Crippen molar-refractivity contribution in [1.82, 2.24) is 5.32 Å². The third-order valence-corrected chi connectivity index (χ3v) is 2.89. The molecule has 0 aromatic heterocycles. The van der Waals surface area contributed by atoms with Crippen molar-refractivity contribution < 1.29 is 9.90 Å². The molecule has 1 aliphatic heterocycles.